The van der Waals surface area contributed by atoms with Gasteiger partial charge in [-0.05, 0) is 0 Å². The molecule has 5 heteroatoms. The summed E-state index contributed by atoms with van der Waals surface area (Å²) in [6, 6.07) is 0. The molecule has 0 rings (SSSR count). The van der Waals surface area contributed by atoms with Crippen molar-refractivity contribution >= 4 is 26.0 Å². The minimum atomic E-state index is -3.98. The van der Waals surface area contributed by atoms with Crippen molar-refractivity contribution in [2.24, 2.45) is 0 Å². The van der Waals surface area contributed by atoms with Crippen LogP contribution in [0.5, 0.6) is 0 Å². The van der Waals surface area contributed by atoms with Gasteiger partial charge in [0.1, 0.15) is 0 Å². The molecule has 0 amide bonds. The van der Waals surface area contributed by atoms with Crippen LogP contribution in [0.1, 0.15) is 59.3 Å². The van der Waals surface area contributed by atoms with Gasteiger partial charge in [0.2, 0.25) is 0 Å². The second-order valence-electron chi connectivity index (χ2n) is 5.99. The first-order chi connectivity index (χ1) is 9.39. The maximum atomic E-state index is 11.0. The molecule has 0 aromatic carbocycles. The predicted molar refractivity (Wildman–Crippen MR) is 90.9 cm³/mol. The van der Waals surface area contributed by atoms with Crippen LogP contribution in [-0.2, 0) is 4.57 Å². The van der Waals surface area contributed by atoms with Gasteiger partial charge >= 0.3 is 129 Å². The average molecular weight is 411 g/mol. The molecule has 0 saturated carbocycles. The minimum absolute atomic E-state index is 1.01. The molecule has 0 unspecified atom stereocenters. The molecule has 0 radical (unpaired) electrons. The summed E-state index contributed by atoms with van der Waals surface area (Å²) < 4.78 is 16.2. The molecule has 20 heavy (non-hydrogen) atoms. The Morgan fingerprint density at radius 2 is 1.30 bits per heavy atom. The normalized spacial score (nSPS) is 13.2. The molecular formula is C15H33O3PSn. The van der Waals surface area contributed by atoms with E-state index in [-0.39, 0.29) is 0 Å². The maximum absolute atomic E-state index is 11.0. The Hall–Kier alpha value is 0.689. The predicted octanol–water partition coefficient (Wildman–Crippen LogP) is 5.53. The number of rotatable bonds is 12. The SMILES string of the molecule is CCC[CH2][Sn]([CH2]C=CP(=O)(O)O)([CH2]CCC)[CH2]CCC. The van der Waals surface area contributed by atoms with Gasteiger partial charge in [-0.3, -0.25) is 0 Å². The van der Waals surface area contributed by atoms with Crippen molar-refractivity contribution in [1.29, 1.82) is 0 Å². The van der Waals surface area contributed by atoms with Gasteiger partial charge in [0.15, 0.2) is 0 Å². The van der Waals surface area contributed by atoms with E-state index in [0.29, 0.717) is 0 Å². The molecule has 0 spiro atoms. The molecule has 0 bridgehead atoms. The third kappa shape index (κ3) is 10.4. The van der Waals surface area contributed by atoms with Gasteiger partial charge in [0, 0.05) is 0 Å². The Morgan fingerprint density at radius 3 is 1.60 bits per heavy atom. The van der Waals surface area contributed by atoms with E-state index >= 15 is 0 Å². The van der Waals surface area contributed by atoms with Crippen LogP contribution < -0.4 is 0 Å². The fraction of sp³-hybridized carbons (Fsp3) is 0.867. The molecule has 2 N–H and O–H groups in total. The topological polar surface area (TPSA) is 57.5 Å². The van der Waals surface area contributed by atoms with E-state index in [9.17, 15) is 4.57 Å². The molecule has 0 aromatic heterocycles. The van der Waals surface area contributed by atoms with Gasteiger partial charge in [-0.2, -0.15) is 0 Å². The molecule has 3 nitrogen and oxygen atoms in total. The van der Waals surface area contributed by atoms with Crippen molar-refractivity contribution in [3.8, 4) is 0 Å². The number of hydrogen-bond acceptors (Lipinski definition) is 1. The van der Waals surface area contributed by atoms with Gasteiger partial charge in [-0.15, -0.1) is 0 Å². The van der Waals surface area contributed by atoms with Crippen molar-refractivity contribution in [3.05, 3.63) is 11.9 Å². The second kappa shape index (κ2) is 11.3. The van der Waals surface area contributed by atoms with E-state index in [0.717, 1.165) is 10.3 Å². The first-order valence-corrected chi connectivity index (χ1v) is 17.9. The van der Waals surface area contributed by atoms with E-state index in [1.807, 2.05) is 6.08 Å². The number of allylic oxidation sites excluding steroid dienone is 1. The van der Waals surface area contributed by atoms with E-state index in [4.69, 9.17) is 9.79 Å². The molecule has 0 atom stereocenters. The van der Waals surface area contributed by atoms with Crippen molar-refractivity contribution < 1.29 is 14.4 Å². The number of unbranched alkanes of at least 4 members (excludes halogenated alkanes) is 3. The van der Waals surface area contributed by atoms with Crippen LogP contribution in [0.2, 0.25) is 17.7 Å². The summed E-state index contributed by atoms with van der Waals surface area (Å²) in [7, 11) is -3.98. The average Bonchev–Trinajstić information content (AvgIpc) is 2.38. The molecule has 0 saturated heterocycles. The first kappa shape index (κ1) is 20.7. The second-order valence-corrected chi connectivity index (χ2v) is 21.5. The van der Waals surface area contributed by atoms with Gasteiger partial charge in [-0.1, -0.05) is 0 Å². The zero-order valence-corrected chi connectivity index (χ0v) is 17.2. The van der Waals surface area contributed by atoms with Crippen LogP contribution in [0.3, 0.4) is 0 Å². The quantitative estimate of drug-likeness (QED) is 0.328. The molecule has 0 aliphatic rings. The zero-order valence-electron chi connectivity index (χ0n) is 13.5. The van der Waals surface area contributed by atoms with Crippen LogP contribution in [0.15, 0.2) is 11.9 Å². The Balaban J connectivity index is 4.83. The van der Waals surface area contributed by atoms with Crippen LogP contribution in [0, 0.1) is 0 Å². The standard InChI is InChI=1S/3C4H9.C3H6O3P.Sn/c3*1-3-4-2;1-2-3-7(4,5)6;/h3*1,3-4H2,2H3;2-3H,1H2,(H2,4,5,6);. The van der Waals surface area contributed by atoms with E-state index in [2.05, 4.69) is 20.8 Å². The molecule has 120 valence electrons. The molecule has 0 aliphatic heterocycles. The van der Waals surface area contributed by atoms with Crippen LogP contribution >= 0.6 is 7.60 Å². The van der Waals surface area contributed by atoms with Crippen LogP contribution in [-0.4, -0.2) is 28.2 Å². The molecule has 0 fully saturated rings. The first-order valence-electron chi connectivity index (χ1n) is 8.12. The molecular weight excluding hydrogens is 378 g/mol. The third-order valence-electron chi connectivity index (χ3n) is 4.03. The number of hydrogen-bond donors (Lipinski definition) is 2. The summed E-state index contributed by atoms with van der Waals surface area (Å²) in [5.74, 6) is 1.14. The van der Waals surface area contributed by atoms with Crippen LogP contribution in [0.4, 0.5) is 0 Å². The van der Waals surface area contributed by atoms with Crippen molar-refractivity contribution in [3.63, 3.8) is 0 Å². The Morgan fingerprint density at radius 1 is 0.900 bits per heavy atom. The summed E-state index contributed by atoms with van der Waals surface area (Å²) >= 11 is -2.22. The third-order valence-corrected chi connectivity index (χ3v) is 19.9. The van der Waals surface area contributed by atoms with E-state index < -0.39 is 26.0 Å². The van der Waals surface area contributed by atoms with Gasteiger partial charge in [0.25, 0.3) is 0 Å². The Labute approximate surface area is 129 Å². The summed E-state index contributed by atoms with van der Waals surface area (Å²) in [6.45, 7) is 6.71. The van der Waals surface area contributed by atoms with Gasteiger partial charge < -0.3 is 0 Å². The summed E-state index contributed by atoms with van der Waals surface area (Å²) in [5.41, 5.74) is 0. The van der Waals surface area contributed by atoms with E-state index in [1.54, 1.807) is 0 Å². The van der Waals surface area contributed by atoms with Crippen molar-refractivity contribution in [1.82, 2.24) is 0 Å². The van der Waals surface area contributed by atoms with Crippen molar-refractivity contribution in [2.45, 2.75) is 77.0 Å². The Bertz CT molecular complexity index is 290. The zero-order chi connectivity index (χ0) is 15.5. The Kier molecular flexibility index (Phi) is 11.7. The summed E-state index contributed by atoms with van der Waals surface area (Å²) in [4.78, 5) is 18.0. The molecule has 0 heterocycles. The fourth-order valence-electron chi connectivity index (χ4n) is 2.78. The summed E-state index contributed by atoms with van der Waals surface area (Å²) in [6.07, 6.45) is 9.42. The molecule has 0 aromatic rings. The summed E-state index contributed by atoms with van der Waals surface area (Å²) in [5, 5.41) is 0. The van der Waals surface area contributed by atoms with Gasteiger partial charge in [0.05, 0.1) is 0 Å². The monoisotopic (exact) mass is 412 g/mol. The fourth-order valence-corrected chi connectivity index (χ4v) is 18.8. The van der Waals surface area contributed by atoms with Crippen molar-refractivity contribution in [2.75, 3.05) is 0 Å². The van der Waals surface area contributed by atoms with Crippen LogP contribution in [0.25, 0.3) is 0 Å². The van der Waals surface area contributed by atoms with E-state index in [1.165, 1.54) is 51.8 Å². The molecule has 0 aliphatic carbocycles. The van der Waals surface area contributed by atoms with Gasteiger partial charge in [-0.25, -0.2) is 0 Å².